The molecule has 0 spiro atoms. The van der Waals surface area contributed by atoms with Gasteiger partial charge in [-0.25, -0.2) is 0 Å². The van der Waals surface area contributed by atoms with Crippen molar-refractivity contribution in [2.24, 2.45) is 7.05 Å². The van der Waals surface area contributed by atoms with Crippen LogP contribution in [0.3, 0.4) is 0 Å². The van der Waals surface area contributed by atoms with Crippen LogP contribution in [0.5, 0.6) is 0 Å². The summed E-state index contributed by atoms with van der Waals surface area (Å²) < 4.78 is 1.95. The lowest BCUT2D eigenvalue weighted by Crippen LogP contribution is -2.24. The summed E-state index contributed by atoms with van der Waals surface area (Å²) in [7, 11) is 1.93. The highest BCUT2D eigenvalue weighted by atomic mass is 35.5. The lowest BCUT2D eigenvalue weighted by Gasteiger charge is -2.08. The predicted molar refractivity (Wildman–Crippen MR) is 72.4 cm³/mol. The van der Waals surface area contributed by atoms with Crippen molar-refractivity contribution in [3.05, 3.63) is 52.8 Å². The molecule has 1 aromatic carbocycles. The maximum Gasteiger partial charge on any atom is 0.253 e. The second-order valence-corrected chi connectivity index (χ2v) is 4.46. The number of nitrogens with two attached hydrogens (primary N) is 1. The highest BCUT2D eigenvalue weighted by Gasteiger charge is 2.10. The highest BCUT2D eigenvalue weighted by Crippen LogP contribution is 2.17. The summed E-state index contributed by atoms with van der Waals surface area (Å²) in [5.74, 6) is -0.203. The summed E-state index contributed by atoms with van der Waals surface area (Å²) in [6, 6.07) is 8.72. The standard InChI is InChI=1S/C13H14ClN3O/c1-17-6-2-3-10(17)8-16-13(18)11-5-4-9(14)7-12(11)15/h2-7H,8,15H2,1H3,(H,16,18). The number of halogens is 1. The molecule has 0 aliphatic carbocycles. The minimum Gasteiger partial charge on any atom is -0.398 e. The number of amides is 1. The lowest BCUT2D eigenvalue weighted by atomic mass is 10.1. The molecule has 94 valence electrons. The van der Waals surface area contributed by atoms with E-state index < -0.39 is 0 Å². The first-order chi connectivity index (χ1) is 8.58. The van der Waals surface area contributed by atoms with Crippen molar-refractivity contribution < 1.29 is 4.79 Å². The molecular formula is C13H14ClN3O. The first-order valence-corrected chi connectivity index (χ1v) is 5.89. The second kappa shape index (κ2) is 5.14. The fraction of sp³-hybridized carbons (Fsp3) is 0.154. The Morgan fingerprint density at radius 2 is 2.22 bits per heavy atom. The van der Waals surface area contributed by atoms with Gasteiger partial charge in [-0.3, -0.25) is 4.79 Å². The van der Waals surface area contributed by atoms with Crippen molar-refractivity contribution in [2.45, 2.75) is 6.54 Å². The number of benzene rings is 1. The number of aryl methyl sites for hydroxylation is 1. The maximum atomic E-state index is 11.9. The quantitative estimate of drug-likeness (QED) is 0.834. The third-order valence-corrected chi connectivity index (χ3v) is 2.97. The van der Waals surface area contributed by atoms with E-state index >= 15 is 0 Å². The Hall–Kier alpha value is -1.94. The van der Waals surface area contributed by atoms with E-state index in [-0.39, 0.29) is 5.91 Å². The molecular weight excluding hydrogens is 250 g/mol. The molecule has 0 unspecified atom stereocenters. The average Bonchev–Trinajstić information content (AvgIpc) is 2.72. The highest BCUT2D eigenvalue weighted by molar-refractivity contribution is 6.31. The number of anilines is 1. The van der Waals surface area contributed by atoms with E-state index in [9.17, 15) is 4.79 Å². The SMILES string of the molecule is Cn1cccc1CNC(=O)c1ccc(Cl)cc1N. The van der Waals surface area contributed by atoms with Crippen LogP contribution in [-0.4, -0.2) is 10.5 Å². The Balaban J connectivity index is 2.06. The van der Waals surface area contributed by atoms with Crippen LogP contribution in [0.25, 0.3) is 0 Å². The second-order valence-electron chi connectivity index (χ2n) is 4.02. The number of nitrogens with zero attached hydrogens (tertiary/aromatic N) is 1. The summed E-state index contributed by atoms with van der Waals surface area (Å²) in [4.78, 5) is 11.9. The monoisotopic (exact) mass is 263 g/mol. The predicted octanol–water partition coefficient (Wildman–Crippen LogP) is 2.19. The Bertz CT molecular complexity index is 577. The van der Waals surface area contributed by atoms with Crippen molar-refractivity contribution in [3.8, 4) is 0 Å². The van der Waals surface area contributed by atoms with Crippen LogP contribution in [-0.2, 0) is 13.6 Å². The zero-order valence-electron chi connectivity index (χ0n) is 9.98. The van der Waals surface area contributed by atoms with Gasteiger partial charge < -0.3 is 15.6 Å². The van der Waals surface area contributed by atoms with Gasteiger partial charge in [0.05, 0.1) is 12.1 Å². The van der Waals surface area contributed by atoms with Gasteiger partial charge in [0.2, 0.25) is 0 Å². The molecule has 3 N–H and O–H groups in total. The first kappa shape index (κ1) is 12.5. The topological polar surface area (TPSA) is 60.0 Å². The summed E-state index contributed by atoms with van der Waals surface area (Å²) >= 11 is 5.79. The number of hydrogen-bond acceptors (Lipinski definition) is 2. The zero-order valence-corrected chi connectivity index (χ0v) is 10.7. The molecule has 0 bridgehead atoms. The Labute approximate surface area is 110 Å². The third kappa shape index (κ3) is 2.65. The van der Waals surface area contributed by atoms with Gasteiger partial charge in [0, 0.05) is 29.6 Å². The summed E-state index contributed by atoms with van der Waals surface area (Å²) in [5.41, 5.74) is 7.59. The van der Waals surface area contributed by atoms with Crippen LogP contribution in [0.2, 0.25) is 5.02 Å². The molecule has 1 heterocycles. The molecule has 2 aromatic rings. The van der Waals surface area contributed by atoms with Crippen molar-refractivity contribution in [1.82, 2.24) is 9.88 Å². The number of carbonyl (C=O) groups excluding carboxylic acids is 1. The average molecular weight is 264 g/mol. The van der Waals surface area contributed by atoms with Crippen molar-refractivity contribution in [3.63, 3.8) is 0 Å². The number of nitrogen functional groups attached to an aromatic ring is 1. The first-order valence-electron chi connectivity index (χ1n) is 5.51. The van der Waals surface area contributed by atoms with E-state index in [1.165, 1.54) is 0 Å². The summed E-state index contributed by atoms with van der Waals surface area (Å²) in [5, 5.41) is 3.34. The van der Waals surface area contributed by atoms with Crippen molar-refractivity contribution in [1.29, 1.82) is 0 Å². The Morgan fingerprint density at radius 1 is 1.44 bits per heavy atom. The minimum atomic E-state index is -0.203. The molecule has 0 saturated heterocycles. The van der Waals surface area contributed by atoms with E-state index in [2.05, 4.69) is 5.32 Å². The van der Waals surface area contributed by atoms with Crippen LogP contribution < -0.4 is 11.1 Å². The van der Waals surface area contributed by atoms with E-state index in [1.54, 1.807) is 18.2 Å². The summed E-state index contributed by atoms with van der Waals surface area (Å²) in [6.07, 6.45) is 1.93. The molecule has 0 atom stereocenters. The zero-order chi connectivity index (χ0) is 13.1. The van der Waals surface area contributed by atoms with E-state index in [0.717, 1.165) is 5.69 Å². The number of carbonyl (C=O) groups is 1. The van der Waals surface area contributed by atoms with Crippen LogP contribution in [0, 0.1) is 0 Å². The molecule has 1 amide bonds. The van der Waals surface area contributed by atoms with Gasteiger partial charge in [-0.15, -0.1) is 0 Å². The molecule has 1 aromatic heterocycles. The molecule has 2 rings (SSSR count). The van der Waals surface area contributed by atoms with Gasteiger partial charge in [0.15, 0.2) is 0 Å². The van der Waals surface area contributed by atoms with E-state index in [1.807, 2.05) is 29.9 Å². The molecule has 0 aliphatic heterocycles. The molecule has 0 aliphatic rings. The Morgan fingerprint density at radius 3 is 2.83 bits per heavy atom. The fourth-order valence-electron chi connectivity index (χ4n) is 1.69. The van der Waals surface area contributed by atoms with Crippen LogP contribution in [0.15, 0.2) is 36.5 Å². The molecule has 0 fully saturated rings. The largest absolute Gasteiger partial charge is 0.398 e. The van der Waals surface area contributed by atoms with Gasteiger partial charge in [-0.05, 0) is 30.3 Å². The van der Waals surface area contributed by atoms with Crippen LogP contribution in [0.1, 0.15) is 16.1 Å². The number of rotatable bonds is 3. The number of aromatic nitrogens is 1. The third-order valence-electron chi connectivity index (χ3n) is 2.74. The lowest BCUT2D eigenvalue weighted by molar-refractivity contribution is 0.0951. The molecule has 5 heteroatoms. The number of nitrogens with one attached hydrogen (secondary N) is 1. The number of hydrogen-bond donors (Lipinski definition) is 2. The van der Waals surface area contributed by atoms with Crippen LogP contribution in [0.4, 0.5) is 5.69 Å². The smallest absolute Gasteiger partial charge is 0.253 e. The molecule has 18 heavy (non-hydrogen) atoms. The molecule has 0 radical (unpaired) electrons. The van der Waals surface area contributed by atoms with Crippen molar-refractivity contribution >= 4 is 23.2 Å². The van der Waals surface area contributed by atoms with E-state index in [0.29, 0.717) is 22.8 Å². The van der Waals surface area contributed by atoms with Gasteiger partial charge >= 0.3 is 0 Å². The van der Waals surface area contributed by atoms with Gasteiger partial charge in [-0.1, -0.05) is 11.6 Å². The van der Waals surface area contributed by atoms with Gasteiger partial charge in [0.25, 0.3) is 5.91 Å². The Kier molecular flexibility index (Phi) is 3.58. The fourth-order valence-corrected chi connectivity index (χ4v) is 1.87. The normalized spacial score (nSPS) is 10.3. The summed E-state index contributed by atoms with van der Waals surface area (Å²) in [6.45, 7) is 0.463. The van der Waals surface area contributed by atoms with Crippen LogP contribution >= 0.6 is 11.6 Å². The molecule has 0 saturated carbocycles. The van der Waals surface area contributed by atoms with Crippen molar-refractivity contribution in [2.75, 3.05) is 5.73 Å². The molecule has 4 nitrogen and oxygen atoms in total. The van der Waals surface area contributed by atoms with Gasteiger partial charge in [-0.2, -0.15) is 0 Å². The maximum absolute atomic E-state index is 11.9. The van der Waals surface area contributed by atoms with E-state index in [4.69, 9.17) is 17.3 Å². The minimum absolute atomic E-state index is 0.203. The van der Waals surface area contributed by atoms with Gasteiger partial charge in [0.1, 0.15) is 0 Å².